The van der Waals surface area contributed by atoms with Crippen LogP contribution >= 0.6 is 0 Å². The Morgan fingerprint density at radius 3 is 2.70 bits per heavy atom. The van der Waals surface area contributed by atoms with Gasteiger partial charge in [0.15, 0.2) is 0 Å². The summed E-state index contributed by atoms with van der Waals surface area (Å²) in [7, 11) is 0. The Balaban J connectivity index is 2.05. The molecule has 0 bridgehead atoms. The van der Waals surface area contributed by atoms with Gasteiger partial charge in [-0.25, -0.2) is 0 Å². The molecule has 2 aromatic rings. The lowest BCUT2D eigenvalue weighted by molar-refractivity contribution is -0.386. The van der Waals surface area contributed by atoms with Crippen molar-refractivity contribution in [1.29, 1.82) is 0 Å². The number of rotatable bonds is 5. The predicted octanol–water partition coefficient (Wildman–Crippen LogP) is 3.70. The van der Waals surface area contributed by atoms with Crippen molar-refractivity contribution in [3.63, 3.8) is 0 Å². The number of para-hydroxylation sites is 1. The highest BCUT2D eigenvalue weighted by Gasteiger charge is 2.19. The number of hydrogen-bond acceptors (Lipinski definition) is 3. The third kappa shape index (κ3) is 3.32. The van der Waals surface area contributed by atoms with E-state index in [1.54, 1.807) is 0 Å². The summed E-state index contributed by atoms with van der Waals surface area (Å²) in [5.74, 6) is -0.824. The zero-order valence-corrected chi connectivity index (χ0v) is 11.1. The molecule has 1 N–H and O–H groups in total. The fourth-order valence-corrected chi connectivity index (χ4v) is 2.05. The Morgan fingerprint density at radius 2 is 2.00 bits per heavy atom. The normalized spacial score (nSPS) is 10.3. The van der Waals surface area contributed by atoms with Crippen LogP contribution in [0, 0.1) is 22.9 Å². The smallest absolute Gasteiger partial charge is 0.327 e. The summed E-state index contributed by atoms with van der Waals surface area (Å²) in [5.41, 5.74) is 2.01. The first-order chi connectivity index (χ1) is 9.58. The molecule has 5 heteroatoms. The summed E-state index contributed by atoms with van der Waals surface area (Å²) in [5, 5.41) is 13.8. The van der Waals surface area contributed by atoms with Gasteiger partial charge in [0.25, 0.3) is 0 Å². The van der Waals surface area contributed by atoms with Gasteiger partial charge in [-0.3, -0.25) is 10.1 Å². The van der Waals surface area contributed by atoms with E-state index in [4.69, 9.17) is 0 Å². The second-order valence-electron chi connectivity index (χ2n) is 4.56. The molecular weight excluding hydrogens is 259 g/mol. The van der Waals surface area contributed by atoms with Crippen molar-refractivity contribution in [1.82, 2.24) is 0 Å². The monoisotopic (exact) mass is 274 g/mol. The molecule has 0 saturated carbocycles. The van der Waals surface area contributed by atoms with Crippen LogP contribution in [0.4, 0.5) is 15.8 Å². The first kappa shape index (κ1) is 14.0. The van der Waals surface area contributed by atoms with E-state index < -0.39 is 16.4 Å². The number of anilines is 1. The molecule has 0 unspecified atom stereocenters. The Hall–Kier alpha value is -2.43. The molecule has 0 saturated heterocycles. The van der Waals surface area contributed by atoms with Crippen LogP contribution in [0.1, 0.15) is 11.1 Å². The zero-order chi connectivity index (χ0) is 14.5. The number of aryl methyl sites for hydroxylation is 1. The van der Waals surface area contributed by atoms with Crippen LogP contribution < -0.4 is 5.32 Å². The number of nitro benzene ring substituents is 1. The zero-order valence-electron chi connectivity index (χ0n) is 11.1. The van der Waals surface area contributed by atoms with Gasteiger partial charge in [0.1, 0.15) is 5.69 Å². The SMILES string of the molecule is Cc1cccc(CCNc2cccc(F)c2[N+](=O)[O-])c1. The van der Waals surface area contributed by atoms with Crippen molar-refractivity contribution >= 4 is 11.4 Å². The van der Waals surface area contributed by atoms with E-state index in [2.05, 4.69) is 11.4 Å². The molecular formula is C15H15FN2O2. The van der Waals surface area contributed by atoms with Gasteiger partial charge >= 0.3 is 5.69 Å². The van der Waals surface area contributed by atoms with Crippen molar-refractivity contribution in [2.75, 3.05) is 11.9 Å². The highest BCUT2D eigenvalue weighted by Crippen LogP contribution is 2.27. The molecule has 0 aliphatic carbocycles. The maximum Gasteiger partial charge on any atom is 0.327 e. The predicted molar refractivity (Wildman–Crippen MR) is 76.4 cm³/mol. The number of benzene rings is 2. The van der Waals surface area contributed by atoms with E-state index in [-0.39, 0.29) is 5.69 Å². The Morgan fingerprint density at radius 1 is 1.25 bits per heavy atom. The molecule has 0 spiro atoms. The summed E-state index contributed by atoms with van der Waals surface area (Å²) in [6, 6.07) is 12.1. The summed E-state index contributed by atoms with van der Waals surface area (Å²) in [6.07, 6.45) is 0.718. The van der Waals surface area contributed by atoms with E-state index in [1.165, 1.54) is 17.7 Å². The summed E-state index contributed by atoms with van der Waals surface area (Å²) in [4.78, 5) is 10.1. The lowest BCUT2D eigenvalue weighted by atomic mass is 10.1. The van der Waals surface area contributed by atoms with Crippen LogP contribution in [0.15, 0.2) is 42.5 Å². The molecule has 0 fully saturated rings. The van der Waals surface area contributed by atoms with Gasteiger partial charge in [-0.1, -0.05) is 35.9 Å². The molecule has 104 valence electrons. The van der Waals surface area contributed by atoms with Crippen LogP contribution in [-0.4, -0.2) is 11.5 Å². The van der Waals surface area contributed by atoms with Gasteiger partial charge in [0.2, 0.25) is 5.82 Å². The van der Waals surface area contributed by atoms with Crippen LogP contribution in [0.2, 0.25) is 0 Å². The molecule has 2 aromatic carbocycles. The average molecular weight is 274 g/mol. The van der Waals surface area contributed by atoms with E-state index >= 15 is 0 Å². The molecule has 0 aliphatic heterocycles. The number of nitrogens with zero attached hydrogens (tertiary/aromatic N) is 1. The van der Waals surface area contributed by atoms with Crippen molar-refractivity contribution < 1.29 is 9.31 Å². The van der Waals surface area contributed by atoms with E-state index in [0.717, 1.165) is 18.1 Å². The Kier molecular flexibility index (Phi) is 4.30. The fraction of sp³-hybridized carbons (Fsp3) is 0.200. The Bertz CT molecular complexity index is 629. The second-order valence-corrected chi connectivity index (χ2v) is 4.56. The average Bonchev–Trinajstić information content (AvgIpc) is 2.38. The highest BCUT2D eigenvalue weighted by atomic mass is 19.1. The molecule has 2 rings (SSSR count). The largest absolute Gasteiger partial charge is 0.379 e. The Labute approximate surface area is 116 Å². The van der Waals surface area contributed by atoms with Crippen molar-refractivity contribution in [3.8, 4) is 0 Å². The second kappa shape index (κ2) is 6.14. The number of nitrogens with one attached hydrogen (secondary N) is 1. The summed E-state index contributed by atoms with van der Waals surface area (Å²) >= 11 is 0. The highest BCUT2D eigenvalue weighted by molar-refractivity contribution is 5.61. The third-order valence-electron chi connectivity index (χ3n) is 2.98. The van der Waals surface area contributed by atoms with Crippen molar-refractivity contribution in [2.45, 2.75) is 13.3 Å². The maximum absolute atomic E-state index is 13.4. The van der Waals surface area contributed by atoms with Gasteiger partial charge in [0.05, 0.1) is 4.92 Å². The van der Waals surface area contributed by atoms with E-state index in [1.807, 2.05) is 25.1 Å². The minimum absolute atomic E-state index is 0.211. The third-order valence-corrected chi connectivity index (χ3v) is 2.98. The molecule has 4 nitrogen and oxygen atoms in total. The lowest BCUT2D eigenvalue weighted by Crippen LogP contribution is -2.07. The topological polar surface area (TPSA) is 55.2 Å². The van der Waals surface area contributed by atoms with E-state index in [9.17, 15) is 14.5 Å². The number of nitro groups is 1. The standard InChI is InChI=1S/C15H15FN2O2/c1-11-4-2-5-12(10-11)8-9-17-14-7-3-6-13(16)15(14)18(19)20/h2-7,10,17H,8-9H2,1H3. The minimum Gasteiger partial charge on any atom is -0.379 e. The molecule has 0 atom stereocenters. The summed E-state index contributed by atoms with van der Waals surface area (Å²) in [6.45, 7) is 2.52. The summed E-state index contributed by atoms with van der Waals surface area (Å²) < 4.78 is 13.4. The van der Waals surface area contributed by atoms with E-state index in [0.29, 0.717) is 6.54 Å². The van der Waals surface area contributed by atoms with Gasteiger partial charge in [-0.05, 0) is 31.0 Å². The minimum atomic E-state index is -0.824. The van der Waals surface area contributed by atoms with Crippen molar-refractivity contribution in [3.05, 3.63) is 69.5 Å². The maximum atomic E-state index is 13.4. The number of hydrogen-bond donors (Lipinski definition) is 1. The van der Waals surface area contributed by atoms with Gasteiger partial charge < -0.3 is 5.32 Å². The lowest BCUT2D eigenvalue weighted by Gasteiger charge is -2.08. The van der Waals surface area contributed by atoms with Gasteiger partial charge in [0, 0.05) is 6.54 Å². The molecule has 0 radical (unpaired) electrons. The molecule has 0 amide bonds. The first-order valence-electron chi connectivity index (χ1n) is 6.30. The molecule has 0 aliphatic rings. The van der Waals surface area contributed by atoms with Crippen LogP contribution in [0.3, 0.4) is 0 Å². The van der Waals surface area contributed by atoms with Crippen LogP contribution in [0.5, 0.6) is 0 Å². The van der Waals surface area contributed by atoms with Gasteiger partial charge in [-0.15, -0.1) is 0 Å². The van der Waals surface area contributed by atoms with Crippen molar-refractivity contribution in [2.24, 2.45) is 0 Å². The quantitative estimate of drug-likeness (QED) is 0.668. The first-order valence-corrected chi connectivity index (χ1v) is 6.30. The van der Waals surface area contributed by atoms with Gasteiger partial charge in [-0.2, -0.15) is 4.39 Å². The molecule has 0 aromatic heterocycles. The van der Waals surface area contributed by atoms with Crippen LogP contribution in [-0.2, 0) is 6.42 Å². The molecule has 20 heavy (non-hydrogen) atoms. The van der Waals surface area contributed by atoms with Crippen LogP contribution in [0.25, 0.3) is 0 Å². The molecule has 0 heterocycles. The fourth-order valence-electron chi connectivity index (χ4n) is 2.05. The number of halogens is 1.